The van der Waals surface area contributed by atoms with E-state index in [1.807, 2.05) is 53.3 Å². The standard InChI is InChI=1S/C26H23FN4O/c1-30(18-22-10-5-6-12-24(22)27)25(32)14-13-23-19-31(17-20-8-3-2-4-9-20)29-26(23)21-11-7-15-28-16-21/h2-16,19H,17-18H2,1H3/b14-13+. The van der Waals surface area contributed by atoms with Gasteiger partial charge in [0.05, 0.1) is 6.54 Å². The van der Waals surface area contributed by atoms with Gasteiger partial charge >= 0.3 is 0 Å². The Balaban J connectivity index is 1.56. The number of carbonyl (C=O) groups excluding carboxylic acids is 1. The molecule has 2 heterocycles. The van der Waals surface area contributed by atoms with Gasteiger partial charge in [0.1, 0.15) is 11.5 Å². The summed E-state index contributed by atoms with van der Waals surface area (Å²) >= 11 is 0. The van der Waals surface area contributed by atoms with Gasteiger partial charge in [0.15, 0.2) is 0 Å². The summed E-state index contributed by atoms with van der Waals surface area (Å²) in [7, 11) is 1.65. The molecule has 160 valence electrons. The fraction of sp³-hybridized carbons (Fsp3) is 0.115. The second kappa shape index (κ2) is 9.83. The number of halogens is 1. The van der Waals surface area contributed by atoms with Crippen LogP contribution in [0.3, 0.4) is 0 Å². The Bertz CT molecular complexity index is 1220. The Morgan fingerprint density at radius 2 is 1.84 bits per heavy atom. The molecule has 32 heavy (non-hydrogen) atoms. The first-order valence-electron chi connectivity index (χ1n) is 10.3. The van der Waals surface area contributed by atoms with Gasteiger partial charge in [-0.25, -0.2) is 4.39 Å². The summed E-state index contributed by atoms with van der Waals surface area (Å²) in [5.74, 6) is -0.543. The van der Waals surface area contributed by atoms with E-state index in [2.05, 4.69) is 4.98 Å². The van der Waals surface area contributed by atoms with Crippen molar-refractivity contribution in [3.63, 3.8) is 0 Å². The Hall–Kier alpha value is -4.06. The van der Waals surface area contributed by atoms with Crippen molar-refractivity contribution in [2.45, 2.75) is 13.1 Å². The fourth-order valence-corrected chi connectivity index (χ4v) is 3.39. The number of pyridine rings is 1. The Labute approximate surface area is 186 Å². The van der Waals surface area contributed by atoms with Gasteiger partial charge in [-0.05, 0) is 29.8 Å². The summed E-state index contributed by atoms with van der Waals surface area (Å²) in [6, 6.07) is 20.3. The van der Waals surface area contributed by atoms with E-state index in [4.69, 9.17) is 5.10 Å². The molecular formula is C26H23FN4O. The number of rotatable bonds is 7. The molecule has 0 saturated heterocycles. The zero-order valence-corrected chi connectivity index (χ0v) is 17.7. The van der Waals surface area contributed by atoms with Gasteiger partial charge in [-0.2, -0.15) is 5.10 Å². The highest BCUT2D eigenvalue weighted by molar-refractivity contribution is 5.92. The lowest BCUT2D eigenvalue weighted by Crippen LogP contribution is -2.24. The molecule has 0 unspecified atom stereocenters. The van der Waals surface area contributed by atoms with E-state index in [-0.39, 0.29) is 18.3 Å². The third-order valence-electron chi connectivity index (χ3n) is 5.06. The third-order valence-corrected chi connectivity index (χ3v) is 5.06. The fourth-order valence-electron chi connectivity index (χ4n) is 3.39. The van der Waals surface area contributed by atoms with Crippen LogP contribution in [0.5, 0.6) is 0 Å². The second-order valence-electron chi connectivity index (χ2n) is 7.48. The predicted molar refractivity (Wildman–Crippen MR) is 123 cm³/mol. The molecule has 4 aromatic rings. The van der Waals surface area contributed by atoms with Crippen molar-refractivity contribution in [3.05, 3.63) is 114 Å². The molecule has 4 rings (SSSR count). The smallest absolute Gasteiger partial charge is 0.246 e. The molecule has 0 N–H and O–H groups in total. The second-order valence-corrected chi connectivity index (χ2v) is 7.48. The van der Waals surface area contributed by atoms with E-state index in [0.29, 0.717) is 12.1 Å². The molecule has 6 heteroatoms. The van der Waals surface area contributed by atoms with Gasteiger partial charge in [-0.3, -0.25) is 14.5 Å². The molecule has 0 fully saturated rings. The summed E-state index contributed by atoms with van der Waals surface area (Å²) < 4.78 is 15.8. The van der Waals surface area contributed by atoms with E-state index >= 15 is 0 Å². The minimum absolute atomic E-state index is 0.193. The van der Waals surface area contributed by atoms with E-state index in [9.17, 15) is 9.18 Å². The van der Waals surface area contributed by atoms with Crippen molar-refractivity contribution in [3.8, 4) is 11.3 Å². The minimum atomic E-state index is -0.322. The number of carbonyl (C=O) groups is 1. The predicted octanol–water partition coefficient (Wildman–Crippen LogP) is 4.80. The van der Waals surface area contributed by atoms with Gasteiger partial charge < -0.3 is 4.90 Å². The van der Waals surface area contributed by atoms with Gasteiger partial charge in [-0.1, -0.05) is 48.5 Å². The molecule has 0 aliphatic heterocycles. The molecule has 2 aromatic heterocycles. The summed E-state index contributed by atoms with van der Waals surface area (Å²) in [5.41, 5.74) is 4.02. The van der Waals surface area contributed by atoms with Crippen LogP contribution in [-0.4, -0.2) is 32.6 Å². The van der Waals surface area contributed by atoms with Crippen molar-refractivity contribution >= 4 is 12.0 Å². The molecule has 0 atom stereocenters. The summed E-state index contributed by atoms with van der Waals surface area (Å²) in [5, 5.41) is 4.73. The zero-order chi connectivity index (χ0) is 22.3. The van der Waals surface area contributed by atoms with Gasteiger partial charge in [0.25, 0.3) is 0 Å². The number of hydrogen-bond acceptors (Lipinski definition) is 3. The number of hydrogen-bond donors (Lipinski definition) is 0. The first-order chi connectivity index (χ1) is 15.6. The highest BCUT2D eigenvalue weighted by atomic mass is 19.1. The van der Waals surface area contributed by atoms with E-state index in [0.717, 1.165) is 22.4 Å². The Morgan fingerprint density at radius 1 is 1.06 bits per heavy atom. The first-order valence-corrected chi connectivity index (χ1v) is 10.3. The number of benzene rings is 2. The van der Waals surface area contributed by atoms with Crippen LogP contribution >= 0.6 is 0 Å². The summed E-state index contributed by atoms with van der Waals surface area (Å²) in [6.45, 7) is 0.807. The molecular weight excluding hydrogens is 403 g/mol. The number of amides is 1. The van der Waals surface area contributed by atoms with Gasteiger partial charge in [-0.15, -0.1) is 0 Å². The first kappa shape index (κ1) is 21.2. The minimum Gasteiger partial charge on any atom is -0.338 e. The monoisotopic (exact) mass is 426 g/mol. The van der Waals surface area contributed by atoms with Crippen LogP contribution in [0.1, 0.15) is 16.7 Å². The van der Waals surface area contributed by atoms with E-state index in [1.165, 1.54) is 17.0 Å². The van der Waals surface area contributed by atoms with Crippen molar-refractivity contribution in [2.24, 2.45) is 0 Å². The molecule has 2 aromatic carbocycles. The highest BCUT2D eigenvalue weighted by Crippen LogP contribution is 2.23. The van der Waals surface area contributed by atoms with Crippen molar-refractivity contribution < 1.29 is 9.18 Å². The number of likely N-dealkylation sites (N-methyl/N-ethyl adjacent to an activating group) is 1. The lowest BCUT2D eigenvalue weighted by atomic mass is 10.1. The lowest BCUT2D eigenvalue weighted by molar-refractivity contribution is -0.125. The van der Waals surface area contributed by atoms with Crippen LogP contribution in [-0.2, 0) is 17.9 Å². The Kier molecular flexibility index (Phi) is 6.51. The maximum absolute atomic E-state index is 13.9. The van der Waals surface area contributed by atoms with Crippen LogP contribution < -0.4 is 0 Å². The van der Waals surface area contributed by atoms with Crippen molar-refractivity contribution in [1.29, 1.82) is 0 Å². The summed E-state index contributed by atoms with van der Waals surface area (Å²) in [6.07, 6.45) is 8.61. The SMILES string of the molecule is CN(Cc1ccccc1F)C(=O)/C=C/c1cn(Cc2ccccc2)nc1-c1cccnc1. The quantitative estimate of drug-likeness (QED) is 0.399. The third kappa shape index (κ3) is 5.16. The molecule has 0 aliphatic carbocycles. The molecule has 0 spiro atoms. The molecule has 0 radical (unpaired) electrons. The van der Waals surface area contributed by atoms with Crippen LogP contribution in [0.15, 0.2) is 91.4 Å². The van der Waals surface area contributed by atoms with Crippen LogP contribution in [0, 0.1) is 5.82 Å². The number of nitrogens with zero attached hydrogens (tertiary/aromatic N) is 4. The molecule has 0 aliphatic rings. The molecule has 0 saturated carbocycles. The molecule has 5 nitrogen and oxygen atoms in total. The lowest BCUT2D eigenvalue weighted by Gasteiger charge is -2.15. The highest BCUT2D eigenvalue weighted by Gasteiger charge is 2.12. The van der Waals surface area contributed by atoms with Crippen LogP contribution in [0.2, 0.25) is 0 Å². The topological polar surface area (TPSA) is 51.0 Å². The average Bonchev–Trinajstić information content (AvgIpc) is 3.22. The Morgan fingerprint density at radius 3 is 2.59 bits per heavy atom. The average molecular weight is 426 g/mol. The van der Waals surface area contributed by atoms with Crippen molar-refractivity contribution in [2.75, 3.05) is 7.05 Å². The van der Waals surface area contributed by atoms with Crippen LogP contribution in [0.4, 0.5) is 4.39 Å². The number of aromatic nitrogens is 3. The zero-order valence-electron chi connectivity index (χ0n) is 17.7. The van der Waals surface area contributed by atoms with Gasteiger partial charge in [0, 0.05) is 54.9 Å². The maximum atomic E-state index is 13.9. The summed E-state index contributed by atoms with van der Waals surface area (Å²) in [4.78, 5) is 18.3. The van der Waals surface area contributed by atoms with E-state index < -0.39 is 0 Å². The largest absolute Gasteiger partial charge is 0.338 e. The van der Waals surface area contributed by atoms with Gasteiger partial charge in [0.2, 0.25) is 5.91 Å². The normalized spacial score (nSPS) is 11.1. The van der Waals surface area contributed by atoms with Crippen LogP contribution in [0.25, 0.3) is 17.3 Å². The van der Waals surface area contributed by atoms with Crippen molar-refractivity contribution in [1.82, 2.24) is 19.7 Å². The maximum Gasteiger partial charge on any atom is 0.246 e. The molecule has 0 bridgehead atoms. The molecule has 1 amide bonds. The van der Waals surface area contributed by atoms with E-state index in [1.54, 1.807) is 43.7 Å².